The molecule has 0 aliphatic heterocycles. The summed E-state index contributed by atoms with van der Waals surface area (Å²) in [6.07, 6.45) is 1.10. The van der Waals surface area contributed by atoms with Gasteiger partial charge in [0, 0.05) is 6.54 Å². The predicted molar refractivity (Wildman–Crippen MR) is 52.9 cm³/mol. The van der Waals surface area contributed by atoms with E-state index in [4.69, 9.17) is 0 Å². The van der Waals surface area contributed by atoms with Gasteiger partial charge in [0.15, 0.2) is 0 Å². The summed E-state index contributed by atoms with van der Waals surface area (Å²) < 4.78 is 9.05. The Morgan fingerprint density at radius 1 is 1.56 bits per heavy atom. The van der Waals surface area contributed by atoms with E-state index in [-0.39, 0.29) is 24.6 Å². The van der Waals surface area contributed by atoms with Crippen LogP contribution in [0.4, 0.5) is 0 Å². The highest BCUT2D eigenvalue weighted by Crippen LogP contribution is 1.90. The minimum absolute atomic E-state index is 0.0221. The van der Waals surface area contributed by atoms with Crippen molar-refractivity contribution in [2.24, 2.45) is 0 Å². The average Bonchev–Trinajstić information content (AvgIpc) is 2.65. The molecule has 0 bridgehead atoms. The van der Waals surface area contributed by atoms with Crippen LogP contribution in [0.2, 0.25) is 0 Å². The lowest BCUT2D eigenvalue weighted by Crippen LogP contribution is -2.27. The van der Waals surface area contributed by atoms with Crippen molar-refractivity contribution in [3.8, 4) is 0 Å². The van der Waals surface area contributed by atoms with Crippen LogP contribution in [-0.2, 0) is 9.53 Å². The van der Waals surface area contributed by atoms with Crippen LogP contribution >= 0.6 is 0 Å². The molecule has 1 rings (SSSR count). The lowest BCUT2D eigenvalue weighted by atomic mass is 10.4. The number of carbonyl (C=O) groups is 2. The molecule has 16 heavy (non-hydrogen) atoms. The molecule has 1 heterocycles. The number of ether oxygens (including phenoxy) is 1. The fraction of sp³-hybridized carbons (Fsp3) is 0.444. The molecular weight excluding hydrogens is 216 g/mol. The van der Waals surface area contributed by atoms with Gasteiger partial charge in [-0.3, -0.25) is 14.6 Å². The number of hydrogen-bond donors (Lipinski definition) is 2. The van der Waals surface area contributed by atoms with Crippen LogP contribution in [0.1, 0.15) is 23.8 Å². The first-order chi connectivity index (χ1) is 7.63. The van der Waals surface area contributed by atoms with E-state index in [2.05, 4.69) is 19.5 Å². The van der Waals surface area contributed by atoms with Gasteiger partial charge in [0.05, 0.1) is 13.0 Å². The molecule has 1 aromatic rings. The lowest BCUT2D eigenvalue weighted by molar-refractivity contribution is -0.142. The van der Waals surface area contributed by atoms with Crippen LogP contribution in [0.3, 0.4) is 0 Å². The largest absolute Gasteiger partial charge is 0.466 e. The molecule has 0 unspecified atom stereocenters. The summed E-state index contributed by atoms with van der Waals surface area (Å²) in [5.41, 5.74) is 0.0221. The Hall–Kier alpha value is -2.05. The van der Waals surface area contributed by atoms with E-state index >= 15 is 0 Å². The molecule has 1 aromatic heterocycles. The zero-order valence-corrected chi connectivity index (χ0v) is 8.74. The zero-order valence-electron chi connectivity index (χ0n) is 8.74. The second-order valence-electron chi connectivity index (χ2n) is 2.87. The van der Waals surface area contributed by atoms with E-state index < -0.39 is 11.7 Å². The van der Waals surface area contributed by atoms with E-state index in [1.807, 2.05) is 0 Å². The van der Waals surface area contributed by atoms with Gasteiger partial charge in [-0.15, -0.1) is 0 Å². The maximum Gasteiger partial charge on any atom is 0.416 e. The van der Waals surface area contributed by atoms with Gasteiger partial charge in [0.25, 0.3) is 5.91 Å². The minimum Gasteiger partial charge on any atom is -0.466 e. The fourth-order valence-corrected chi connectivity index (χ4v) is 0.998. The van der Waals surface area contributed by atoms with Crippen LogP contribution in [0.25, 0.3) is 0 Å². The summed E-state index contributed by atoms with van der Waals surface area (Å²) in [7, 11) is 0. The third-order valence-corrected chi connectivity index (χ3v) is 1.69. The summed E-state index contributed by atoms with van der Waals surface area (Å²) in [6.45, 7) is 2.15. The normalized spacial score (nSPS) is 9.81. The molecule has 7 heteroatoms. The lowest BCUT2D eigenvalue weighted by Gasteiger charge is -2.02. The Bertz CT molecular complexity index is 420. The van der Waals surface area contributed by atoms with E-state index in [1.165, 1.54) is 0 Å². The number of nitrogens with one attached hydrogen (secondary N) is 2. The Balaban J connectivity index is 2.31. The molecule has 7 nitrogen and oxygen atoms in total. The van der Waals surface area contributed by atoms with Crippen LogP contribution in [-0.4, -0.2) is 30.0 Å². The number of esters is 1. The Kier molecular flexibility index (Phi) is 4.31. The number of H-pyrrole nitrogens is 1. The summed E-state index contributed by atoms with van der Waals surface area (Å²) in [5, 5.41) is 2.43. The van der Waals surface area contributed by atoms with Gasteiger partial charge in [-0.25, -0.2) is 4.79 Å². The summed E-state index contributed by atoms with van der Waals surface area (Å²) in [6, 6.07) is 0. The summed E-state index contributed by atoms with van der Waals surface area (Å²) in [4.78, 5) is 35.0. The molecule has 0 aliphatic carbocycles. The highest BCUT2D eigenvalue weighted by atomic mass is 16.5. The zero-order chi connectivity index (χ0) is 12.0. The van der Waals surface area contributed by atoms with Gasteiger partial charge in [-0.2, -0.15) is 0 Å². The van der Waals surface area contributed by atoms with Gasteiger partial charge in [-0.1, -0.05) is 0 Å². The molecule has 0 saturated heterocycles. The highest BCUT2D eigenvalue weighted by molar-refractivity contribution is 5.91. The summed E-state index contributed by atoms with van der Waals surface area (Å²) in [5.74, 6) is -1.59. The molecule has 1 amide bonds. The quantitative estimate of drug-likeness (QED) is 0.671. The number of carbonyl (C=O) groups excluding carboxylic acids is 2. The van der Waals surface area contributed by atoms with Crippen molar-refractivity contribution in [3.63, 3.8) is 0 Å². The Labute approximate surface area is 90.8 Å². The highest BCUT2D eigenvalue weighted by Gasteiger charge is 2.09. The van der Waals surface area contributed by atoms with Crippen LogP contribution in [0.15, 0.2) is 15.5 Å². The number of amides is 1. The van der Waals surface area contributed by atoms with Gasteiger partial charge in [0.1, 0.15) is 12.0 Å². The van der Waals surface area contributed by atoms with Crippen molar-refractivity contribution >= 4 is 11.9 Å². The van der Waals surface area contributed by atoms with Gasteiger partial charge >= 0.3 is 11.7 Å². The minimum atomic E-state index is -0.699. The standard InChI is InChI=1S/C9H12N2O5/c1-2-15-7(12)3-4-10-8(13)6-5-16-9(14)11-6/h5H,2-4H2,1H3,(H,10,13)(H,11,14). The maximum absolute atomic E-state index is 11.3. The summed E-state index contributed by atoms with van der Waals surface area (Å²) >= 11 is 0. The van der Waals surface area contributed by atoms with Gasteiger partial charge < -0.3 is 14.5 Å². The predicted octanol–water partition coefficient (Wildman–Crippen LogP) is -0.349. The van der Waals surface area contributed by atoms with Gasteiger partial charge in [0.2, 0.25) is 0 Å². The molecule has 0 atom stereocenters. The molecule has 88 valence electrons. The molecule has 2 N–H and O–H groups in total. The first kappa shape index (κ1) is 12.0. The molecule has 0 aromatic carbocycles. The van der Waals surface area contributed by atoms with Gasteiger partial charge in [-0.05, 0) is 6.92 Å². The van der Waals surface area contributed by atoms with Crippen molar-refractivity contribution in [1.29, 1.82) is 0 Å². The Morgan fingerprint density at radius 2 is 2.31 bits per heavy atom. The van der Waals surface area contributed by atoms with Crippen molar-refractivity contribution in [3.05, 3.63) is 22.5 Å². The number of aromatic nitrogens is 1. The number of oxazole rings is 1. The topological polar surface area (TPSA) is 101 Å². The third-order valence-electron chi connectivity index (χ3n) is 1.69. The van der Waals surface area contributed by atoms with Crippen molar-refractivity contribution < 1.29 is 18.7 Å². The second kappa shape index (κ2) is 5.74. The molecular formula is C9H12N2O5. The van der Waals surface area contributed by atoms with Crippen LogP contribution in [0.5, 0.6) is 0 Å². The number of hydrogen-bond acceptors (Lipinski definition) is 5. The number of rotatable bonds is 5. The Morgan fingerprint density at radius 3 is 2.88 bits per heavy atom. The van der Waals surface area contributed by atoms with Crippen molar-refractivity contribution in [2.45, 2.75) is 13.3 Å². The van der Waals surface area contributed by atoms with Crippen molar-refractivity contribution in [2.75, 3.05) is 13.2 Å². The van der Waals surface area contributed by atoms with E-state index in [9.17, 15) is 14.4 Å². The monoisotopic (exact) mass is 228 g/mol. The van der Waals surface area contributed by atoms with E-state index in [0.29, 0.717) is 6.61 Å². The second-order valence-corrected chi connectivity index (χ2v) is 2.87. The first-order valence-electron chi connectivity index (χ1n) is 4.75. The number of aromatic amines is 1. The smallest absolute Gasteiger partial charge is 0.416 e. The van der Waals surface area contributed by atoms with E-state index in [0.717, 1.165) is 6.26 Å². The average molecular weight is 228 g/mol. The molecule has 0 radical (unpaired) electrons. The third kappa shape index (κ3) is 3.60. The van der Waals surface area contributed by atoms with Crippen molar-refractivity contribution in [1.82, 2.24) is 10.3 Å². The van der Waals surface area contributed by atoms with Crippen LogP contribution in [0, 0.1) is 0 Å². The van der Waals surface area contributed by atoms with E-state index in [1.54, 1.807) is 6.92 Å². The fourth-order valence-electron chi connectivity index (χ4n) is 0.998. The molecule has 0 spiro atoms. The SMILES string of the molecule is CCOC(=O)CCNC(=O)c1coc(=O)[nH]1. The molecule has 0 fully saturated rings. The maximum atomic E-state index is 11.3. The van der Waals surface area contributed by atoms with Crippen LogP contribution < -0.4 is 11.1 Å². The molecule has 0 aliphatic rings. The first-order valence-corrected chi connectivity index (χ1v) is 4.75. The molecule has 0 saturated carbocycles.